The van der Waals surface area contributed by atoms with Gasteiger partial charge < -0.3 is 4.74 Å². The van der Waals surface area contributed by atoms with Gasteiger partial charge in [0.2, 0.25) is 0 Å². The van der Waals surface area contributed by atoms with E-state index in [9.17, 15) is 0 Å². The van der Waals surface area contributed by atoms with Crippen LogP contribution in [0.25, 0.3) is 11.3 Å². The van der Waals surface area contributed by atoms with Gasteiger partial charge in [-0.25, -0.2) is 4.68 Å². The third kappa shape index (κ3) is 1.00. The molecule has 3 rings (SSSR count). The van der Waals surface area contributed by atoms with Crippen molar-refractivity contribution in [3.8, 4) is 17.0 Å². The normalized spacial score (nSPS) is 13.7. The Morgan fingerprint density at radius 1 is 1.29 bits per heavy atom. The molecular weight excluding hydrogens is 178 g/mol. The second-order valence-electron chi connectivity index (χ2n) is 3.19. The molecule has 2 aromatic rings. The van der Waals surface area contributed by atoms with Gasteiger partial charge in [-0.15, -0.1) is 5.10 Å². The lowest BCUT2D eigenvalue weighted by Crippen LogP contribution is -2.06. The van der Waals surface area contributed by atoms with Crippen molar-refractivity contribution in [1.29, 1.82) is 0 Å². The van der Waals surface area contributed by atoms with Gasteiger partial charge in [0.25, 0.3) is 0 Å². The Bertz CT molecular complexity index is 464. The molecule has 0 bridgehead atoms. The third-order valence-electron chi connectivity index (χ3n) is 2.34. The van der Waals surface area contributed by atoms with Crippen molar-refractivity contribution in [2.45, 2.75) is 6.54 Å². The van der Waals surface area contributed by atoms with Crippen LogP contribution in [0, 0.1) is 0 Å². The molecule has 1 aliphatic rings. The van der Waals surface area contributed by atoms with Crippen molar-refractivity contribution in [3.63, 3.8) is 0 Å². The molecule has 0 atom stereocenters. The maximum atomic E-state index is 5.60. The summed E-state index contributed by atoms with van der Waals surface area (Å²) < 4.78 is 7.47. The smallest absolute Gasteiger partial charge is 0.128 e. The number of nitrogens with zero attached hydrogens (tertiary/aromatic N) is 3. The lowest BCUT2D eigenvalue weighted by Gasteiger charge is -2.04. The lowest BCUT2D eigenvalue weighted by molar-refractivity contribution is 0.298. The van der Waals surface area contributed by atoms with E-state index in [0.717, 1.165) is 23.6 Å². The van der Waals surface area contributed by atoms with Crippen LogP contribution >= 0.6 is 0 Å². The summed E-state index contributed by atoms with van der Waals surface area (Å²) in [4.78, 5) is 0. The maximum absolute atomic E-state index is 5.60. The zero-order valence-corrected chi connectivity index (χ0v) is 7.55. The van der Waals surface area contributed by atoms with Gasteiger partial charge in [0.15, 0.2) is 0 Å². The molecule has 4 heteroatoms. The van der Waals surface area contributed by atoms with Gasteiger partial charge in [0.05, 0.1) is 18.4 Å². The molecule has 0 saturated heterocycles. The second kappa shape index (κ2) is 2.83. The van der Waals surface area contributed by atoms with E-state index in [2.05, 4.69) is 10.3 Å². The fourth-order valence-electron chi connectivity index (χ4n) is 1.68. The minimum atomic E-state index is 0.646. The molecule has 0 amide bonds. The van der Waals surface area contributed by atoms with E-state index >= 15 is 0 Å². The topological polar surface area (TPSA) is 39.9 Å². The molecule has 0 unspecified atom stereocenters. The Labute approximate surface area is 81.1 Å². The zero-order chi connectivity index (χ0) is 9.38. The number of benzene rings is 1. The van der Waals surface area contributed by atoms with Gasteiger partial charge in [-0.05, 0) is 12.1 Å². The van der Waals surface area contributed by atoms with E-state index in [-0.39, 0.29) is 0 Å². The Balaban J connectivity index is 2.27. The summed E-state index contributed by atoms with van der Waals surface area (Å²) in [7, 11) is 0. The first-order valence-corrected chi connectivity index (χ1v) is 4.56. The Hall–Kier alpha value is -1.84. The molecule has 2 heterocycles. The molecule has 0 aliphatic carbocycles. The highest BCUT2D eigenvalue weighted by atomic mass is 16.5. The summed E-state index contributed by atoms with van der Waals surface area (Å²) in [6.45, 7) is 1.40. The highest BCUT2D eigenvalue weighted by molar-refractivity contribution is 5.66. The van der Waals surface area contributed by atoms with Gasteiger partial charge in [-0.3, -0.25) is 0 Å². The van der Waals surface area contributed by atoms with Crippen molar-refractivity contribution in [2.24, 2.45) is 0 Å². The lowest BCUT2D eigenvalue weighted by atomic mass is 10.1. The maximum Gasteiger partial charge on any atom is 0.128 e. The predicted molar refractivity (Wildman–Crippen MR) is 51.0 cm³/mol. The van der Waals surface area contributed by atoms with Crippen LogP contribution in [0.4, 0.5) is 0 Å². The molecule has 0 radical (unpaired) electrons. The van der Waals surface area contributed by atoms with Gasteiger partial charge in [-0.2, -0.15) is 0 Å². The summed E-state index contributed by atoms with van der Waals surface area (Å²) in [5, 5.41) is 7.90. The average molecular weight is 187 g/mol. The first kappa shape index (κ1) is 7.55. The fourth-order valence-corrected chi connectivity index (χ4v) is 1.68. The SMILES string of the molecule is c1ccc2c(c1)OCCn1nncc1-2. The van der Waals surface area contributed by atoms with Crippen LogP contribution in [0.1, 0.15) is 0 Å². The Kier molecular flexibility index (Phi) is 1.53. The number of hydrogen-bond acceptors (Lipinski definition) is 3. The number of ether oxygens (including phenoxy) is 1. The van der Waals surface area contributed by atoms with Crippen LogP contribution in [-0.4, -0.2) is 21.6 Å². The largest absolute Gasteiger partial charge is 0.491 e. The summed E-state index contributed by atoms with van der Waals surface area (Å²) in [6.07, 6.45) is 1.77. The standard InChI is InChI=1S/C10H9N3O/c1-2-4-10-8(3-1)9-7-11-12-13(9)5-6-14-10/h1-4,7H,5-6H2. The molecule has 1 aromatic heterocycles. The van der Waals surface area contributed by atoms with Gasteiger partial charge in [0, 0.05) is 5.56 Å². The van der Waals surface area contributed by atoms with Crippen molar-refractivity contribution < 1.29 is 4.74 Å². The highest BCUT2D eigenvalue weighted by Gasteiger charge is 2.15. The predicted octanol–water partition coefficient (Wildman–Crippen LogP) is 1.34. The van der Waals surface area contributed by atoms with Crippen molar-refractivity contribution >= 4 is 0 Å². The molecule has 0 saturated carbocycles. The van der Waals surface area contributed by atoms with E-state index < -0.39 is 0 Å². The number of para-hydroxylation sites is 1. The average Bonchev–Trinajstić information content (AvgIpc) is 2.61. The first-order chi connectivity index (χ1) is 6.95. The van der Waals surface area contributed by atoms with Crippen LogP contribution in [0.15, 0.2) is 30.5 Å². The molecule has 1 aliphatic heterocycles. The van der Waals surface area contributed by atoms with Gasteiger partial charge >= 0.3 is 0 Å². The van der Waals surface area contributed by atoms with Crippen LogP contribution in [-0.2, 0) is 6.54 Å². The molecule has 70 valence electrons. The van der Waals surface area contributed by atoms with Crippen LogP contribution in [0.5, 0.6) is 5.75 Å². The second-order valence-corrected chi connectivity index (χ2v) is 3.19. The Morgan fingerprint density at radius 3 is 3.21 bits per heavy atom. The third-order valence-corrected chi connectivity index (χ3v) is 2.34. The minimum Gasteiger partial charge on any atom is -0.491 e. The van der Waals surface area contributed by atoms with E-state index in [0.29, 0.717) is 6.61 Å². The molecule has 4 nitrogen and oxygen atoms in total. The Morgan fingerprint density at radius 2 is 2.21 bits per heavy atom. The summed E-state index contributed by atoms with van der Waals surface area (Å²) in [5.41, 5.74) is 2.09. The first-order valence-electron chi connectivity index (χ1n) is 4.56. The molecule has 0 fully saturated rings. The van der Waals surface area contributed by atoms with E-state index in [4.69, 9.17) is 4.74 Å². The summed E-state index contributed by atoms with van der Waals surface area (Å²) in [5.74, 6) is 0.911. The molecule has 0 spiro atoms. The number of aromatic nitrogens is 3. The quantitative estimate of drug-likeness (QED) is 0.624. The van der Waals surface area contributed by atoms with E-state index in [1.165, 1.54) is 0 Å². The number of fused-ring (bicyclic) bond motifs is 3. The minimum absolute atomic E-state index is 0.646. The molecular formula is C10H9N3O. The monoisotopic (exact) mass is 187 g/mol. The molecule has 1 aromatic carbocycles. The van der Waals surface area contributed by atoms with Crippen LogP contribution in [0.3, 0.4) is 0 Å². The van der Waals surface area contributed by atoms with E-state index in [1.807, 2.05) is 28.9 Å². The number of hydrogen-bond donors (Lipinski definition) is 0. The van der Waals surface area contributed by atoms with Gasteiger partial charge in [-0.1, -0.05) is 17.3 Å². The molecule has 0 N–H and O–H groups in total. The summed E-state index contributed by atoms with van der Waals surface area (Å²) >= 11 is 0. The van der Waals surface area contributed by atoms with Gasteiger partial charge in [0.1, 0.15) is 12.4 Å². The van der Waals surface area contributed by atoms with Crippen molar-refractivity contribution in [1.82, 2.24) is 15.0 Å². The van der Waals surface area contributed by atoms with Crippen LogP contribution in [0.2, 0.25) is 0 Å². The fraction of sp³-hybridized carbons (Fsp3) is 0.200. The molecule has 14 heavy (non-hydrogen) atoms. The van der Waals surface area contributed by atoms with E-state index in [1.54, 1.807) is 6.20 Å². The number of rotatable bonds is 0. The van der Waals surface area contributed by atoms with Crippen molar-refractivity contribution in [2.75, 3.05) is 6.61 Å². The van der Waals surface area contributed by atoms with Crippen molar-refractivity contribution in [3.05, 3.63) is 30.5 Å². The van der Waals surface area contributed by atoms with Crippen LogP contribution < -0.4 is 4.74 Å². The highest BCUT2D eigenvalue weighted by Crippen LogP contribution is 2.30. The zero-order valence-electron chi connectivity index (χ0n) is 7.55. The summed E-state index contributed by atoms with van der Waals surface area (Å²) in [6, 6.07) is 7.96.